The molecule has 1 saturated carbocycles. The molecule has 1 fully saturated rings. The maximum atomic E-state index is 12.6. The Morgan fingerprint density at radius 2 is 1.26 bits per heavy atom. The second-order valence-corrected chi connectivity index (χ2v) is 9.87. The molecule has 0 bridgehead atoms. The normalized spacial score (nSPS) is 22.0. The number of hydrogen-bond donors (Lipinski definition) is 0. The van der Waals surface area contributed by atoms with E-state index in [1.165, 1.54) is 44.2 Å². The van der Waals surface area contributed by atoms with Crippen LogP contribution in [0.25, 0.3) is 0 Å². The number of ketones is 1. The molecule has 0 N–H and O–H groups in total. The highest BCUT2D eigenvalue weighted by molar-refractivity contribution is 9.10. The summed E-state index contributed by atoms with van der Waals surface area (Å²) in [6, 6.07) is 6.32. The van der Waals surface area contributed by atoms with Crippen LogP contribution in [-0.4, -0.2) is 20.3 Å². The molecule has 4 nitrogen and oxygen atoms in total. The molecule has 1 atom stereocenters. The van der Waals surface area contributed by atoms with Gasteiger partial charge >= 0.3 is 0 Å². The molecule has 27 heavy (non-hydrogen) atoms. The highest BCUT2D eigenvalue weighted by Gasteiger charge is 2.26. The minimum absolute atomic E-state index is 0.0782. The molecule has 2 rings (SSSR count). The van der Waals surface area contributed by atoms with Gasteiger partial charge in [-0.2, -0.15) is 8.42 Å². The zero-order valence-corrected chi connectivity index (χ0v) is 18.4. The van der Waals surface area contributed by atoms with Gasteiger partial charge < -0.3 is 0 Å². The van der Waals surface area contributed by atoms with Gasteiger partial charge in [-0.1, -0.05) is 80.1 Å². The van der Waals surface area contributed by atoms with Gasteiger partial charge in [0.2, 0.25) is 0 Å². The Morgan fingerprint density at radius 1 is 0.778 bits per heavy atom. The van der Waals surface area contributed by atoms with E-state index < -0.39 is 16.2 Å². The smallest absolute Gasteiger partial charge is 0.297 e. The molecule has 1 aromatic rings. The summed E-state index contributed by atoms with van der Waals surface area (Å²) in [7, 11) is -3.94. The summed E-state index contributed by atoms with van der Waals surface area (Å²) in [6.45, 7) is 0. The van der Waals surface area contributed by atoms with Crippen LogP contribution in [0.1, 0.15) is 83.5 Å². The SMILES string of the molecule is O=C1CCCCCCCCCCCCCC1OS(=O)(=O)c1ccc(Br)cc1. The van der Waals surface area contributed by atoms with Crippen LogP contribution < -0.4 is 0 Å². The van der Waals surface area contributed by atoms with Crippen LogP contribution in [0, 0.1) is 0 Å². The number of carbonyl (C=O) groups excluding carboxylic acids is 1. The number of Topliss-reactive ketones (excluding diaryl/α,β-unsaturated/α-hetero) is 1. The Labute approximate surface area is 172 Å². The number of hydrogen-bond acceptors (Lipinski definition) is 4. The van der Waals surface area contributed by atoms with Crippen LogP contribution in [0.15, 0.2) is 33.6 Å². The first-order valence-electron chi connectivity index (χ1n) is 10.2. The van der Waals surface area contributed by atoms with Gasteiger partial charge in [0.25, 0.3) is 10.1 Å². The van der Waals surface area contributed by atoms with E-state index in [0.717, 1.165) is 43.0 Å². The minimum atomic E-state index is -3.94. The van der Waals surface area contributed by atoms with Crippen LogP contribution in [0.3, 0.4) is 0 Å². The Hall–Kier alpha value is -0.720. The van der Waals surface area contributed by atoms with Crippen molar-refractivity contribution in [3.8, 4) is 0 Å². The standard InChI is InChI=1S/C21H31BrO4S/c22-18-14-16-19(17-15-18)27(24,25)26-21-13-11-9-7-5-3-1-2-4-6-8-10-12-20(21)23/h14-17,21H,1-13H2. The number of halogens is 1. The first kappa shape index (κ1) is 22.6. The predicted octanol–water partition coefficient (Wildman–Crippen LogP) is 6.18. The van der Waals surface area contributed by atoms with E-state index in [2.05, 4.69) is 15.9 Å². The van der Waals surface area contributed by atoms with Crippen LogP contribution in [0.5, 0.6) is 0 Å². The molecule has 0 aliphatic heterocycles. The molecule has 0 radical (unpaired) electrons. The lowest BCUT2D eigenvalue weighted by Crippen LogP contribution is -2.27. The third kappa shape index (κ3) is 8.44. The average molecular weight is 459 g/mol. The summed E-state index contributed by atoms with van der Waals surface area (Å²) in [6.07, 6.45) is 12.3. The molecule has 152 valence electrons. The molecular formula is C21H31BrO4S. The largest absolute Gasteiger partial charge is 0.297 e. The third-order valence-corrected chi connectivity index (χ3v) is 6.96. The van der Waals surface area contributed by atoms with Crippen molar-refractivity contribution in [3.63, 3.8) is 0 Å². The lowest BCUT2D eigenvalue weighted by atomic mass is 10.0. The van der Waals surface area contributed by atoms with Crippen LogP contribution in [-0.2, 0) is 19.1 Å². The maximum absolute atomic E-state index is 12.6. The van der Waals surface area contributed by atoms with Crippen molar-refractivity contribution >= 4 is 31.8 Å². The lowest BCUT2D eigenvalue weighted by Gasteiger charge is -2.17. The monoisotopic (exact) mass is 458 g/mol. The second kappa shape index (κ2) is 12.0. The van der Waals surface area contributed by atoms with E-state index >= 15 is 0 Å². The fourth-order valence-electron chi connectivity index (χ4n) is 3.45. The summed E-state index contributed by atoms with van der Waals surface area (Å²) in [5.74, 6) is -0.0782. The van der Waals surface area contributed by atoms with Crippen molar-refractivity contribution in [1.29, 1.82) is 0 Å². The summed E-state index contributed by atoms with van der Waals surface area (Å²) < 4.78 is 31.4. The van der Waals surface area contributed by atoms with Crippen molar-refractivity contribution in [2.45, 2.75) is 94.5 Å². The summed E-state index contributed by atoms with van der Waals surface area (Å²) in [5.41, 5.74) is 0. The van der Waals surface area contributed by atoms with Gasteiger partial charge in [-0.05, 0) is 37.1 Å². The quantitative estimate of drug-likeness (QED) is 0.507. The fraction of sp³-hybridized carbons (Fsp3) is 0.667. The summed E-state index contributed by atoms with van der Waals surface area (Å²) in [4.78, 5) is 12.7. The predicted molar refractivity (Wildman–Crippen MR) is 111 cm³/mol. The van der Waals surface area contributed by atoms with Crippen LogP contribution in [0.4, 0.5) is 0 Å². The molecule has 1 aromatic carbocycles. The highest BCUT2D eigenvalue weighted by Crippen LogP contribution is 2.22. The fourth-order valence-corrected chi connectivity index (χ4v) is 4.81. The Kier molecular flexibility index (Phi) is 10.0. The first-order chi connectivity index (χ1) is 13.0. The van der Waals surface area contributed by atoms with Crippen molar-refractivity contribution < 1.29 is 17.4 Å². The van der Waals surface area contributed by atoms with Crippen molar-refractivity contribution in [2.24, 2.45) is 0 Å². The molecule has 1 aliphatic carbocycles. The van der Waals surface area contributed by atoms with E-state index in [9.17, 15) is 13.2 Å². The van der Waals surface area contributed by atoms with Gasteiger partial charge in [0, 0.05) is 10.9 Å². The number of rotatable bonds is 3. The van der Waals surface area contributed by atoms with E-state index in [-0.39, 0.29) is 10.7 Å². The first-order valence-corrected chi connectivity index (χ1v) is 12.4. The molecule has 0 aromatic heterocycles. The molecular weight excluding hydrogens is 428 g/mol. The zero-order valence-electron chi connectivity index (χ0n) is 16.0. The van der Waals surface area contributed by atoms with Gasteiger partial charge in [-0.15, -0.1) is 0 Å². The molecule has 0 amide bonds. The zero-order chi connectivity index (χ0) is 19.5. The van der Waals surface area contributed by atoms with Crippen LogP contribution >= 0.6 is 15.9 Å². The van der Waals surface area contributed by atoms with Crippen molar-refractivity contribution in [3.05, 3.63) is 28.7 Å². The molecule has 1 unspecified atom stereocenters. The molecule has 1 aliphatic rings. The van der Waals surface area contributed by atoms with Gasteiger partial charge in [-0.3, -0.25) is 8.98 Å². The summed E-state index contributed by atoms with van der Waals surface area (Å²) >= 11 is 3.30. The maximum Gasteiger partial charge on any atom is 0.297 e. The number of carbonyl (C=O) groups is 1. The number of benzene rings is 1. The van der Waals surface area contributed by atoms with Gasteiger partial charge in [0.1, 0.15) is 6.10 Å². The molecule has 0 heterocycles. The van der Waals surface area contributed by atoms with E-state index in [0.29, 0.717) is 12.8 Å². The molecule has 0 saturated heterocycles. The minimum Gasteiger partial charge on any atom is -0.297 e. The average Bonchev–Trinajstić information content (AvgIpc) is 2.64. The van der Waals surface area contributed by atoms with Crippen molar-refractivity contribution in [2.75, 3.05) is 0 Å². The molecule has 0 spiro atoms. The lowest BCUT2D eigenvalue weighted by molar-refractivity contribution is -0.126. The van der Waals surface area contributed by atoms with Gasteiger partial charge in [-0.25, -0.2) is 0 Å². The Morgan fingerprint density at radius 3 is 1.81 bits per heavy atom. The summed E-state index contributed by atoms with van der Waals surface area (Å²) in [5, 5.41) is 0. The van der Waals surface area contributed by atoms with Crippen molar-refractivity contribution in [1.82, 2.24) is 0 Å². The topological polar surface area (TPSA) is 60.4 Å². The van der Waals surface area contributed by atoms with Crippen LogP contribution in [0.2, 0.25) is 0 Å². The Bertz CT molecular complexity index is 670. The second-order valence-electron chi connectivity index (χ2n) is 7.39. The van der Waals surface area contributed by atoms with E-state index in [4.69, 9.17) is 4.18 Å². The Balaban J connectivity index is 2.02. The molecule has 6 heteroatoms. The van der Waals surface area contributed by atoms with Gasteiger partial charge in [0.15, 0.2) is 5.78 Å². The third-order valence-electron chi connectivity index (χ3n) is 5.09. The van der Waals surface area contributed by atoms with Gasteiger partial charge in [0.05, 0.1) is 4.90 Å². The van der Waals surface area contributed by atoms with E-state index in [1.54, 1.807) is 12.1 Å². The van der Waals surface area contributed by atoms with E-state index in [1.807, 2.05) is 0 Å². The highest BCUT2D eigenvalue weighted by atomic mass is 79.9.